The molecule has 0 saturated heterocycles. The third kappa shape index (κ3) is 3.26. The van der Waals surface area contributed by atoms with Crippen LogP contribution in [0.3, 0.4) is 0 Å². The van der Waals surface area contributed by atoms with Crippen LogP contribution in [0.25, 0.3) is 11.0 Å². The van der Waals surface area contributed by atoms with Crippen molar-refractivity contribution in [1.29, 1.82) is 0 Å². The van der Waals surface area contributed by atoms with E-state index >= 15 is 0 Å². The van der Waals surface area contributed by atoms with Crippen molar-refractivity contribution in [2.45, 2.75) is 18.2 Å². The lowest BCUT2D eigenvalue weighted by Gasteiger charge is -2.07. The maximum atomic E-state index is 12.3. The number of benzene rings is 2. The Labute approximate surface area is 138 Å². The summed E-state index contributed by atoms with van der Waals surface area (Å²) in [5.74, 6) is -0.876. The third-order valence-corrected chi connectivity index (χ3v) is 4.75. The molecule has 3 rings (SSSR count). The molecule has 2 aromatic carbocycles. The summed E-state index contributed by atoms with van der Waals surface area (Å²) in [4.78, 5) is 10.9. The lowest BCUT2D eigenvalue weighted by molar-refractivity contribution is -0.136. The molecule has 1 N–H and O–H groups in total. The van der Waals surface area contributed by atoms with Crippen molar-refractivity contribution in [3.8, 4) is 5.75 Å². The predicted octanol–water partition coefficient (Wildman–Crippen LogP) is 3.14. The van der Waals surface area contributed by atoms with Crippen LogP contribution in [0.15, 0.2) is 58.0 Å². The molecule has 0 unspecified atom stereocenters. The standard InChI is InChI=1S/C17H14O6S/c1-11-2-5-14(6-3-11)24(20,21)23-13-4-7-15-12(8-17(18)19)10-22-16(15)9-13/h2-7,9-10H,8H2,1H3,(H,18,19). The molecule has 1 heterocycles. The van der Waals surface area contributed by atoms with Gasteiger partial charge in [0.25, 0.3) is 0 Å². The highest BCUT2D eigenvalue weighted by molar-refractivity contribution is 7.87. The van der Waals surface area contributed by atoms with E-state index in [0.29, 0.717) is 16.5 Å². The number of hydrogen-bond donors (Lipinski definition) is 1. The van der Waals surface area contributed by atoms with Gasteiger partial charge in [-0.1, -0.05) is 17.7 Å². The van der Waals surface area contributed by atoms with Crippen molar-refractivity contribution in [3.05, 3.63) is 59.9 Å². The number of hydrogen-bond acceptors (Lipinski definition) is 5. The quantitative estimate of drug-likeness (QED) is 0.713. The van der Waals surface area contributed by atoms with Gasteiger partial charge in [0, 0.05) is 17.0 Å². The smallest absolute Gasteiger partial charge is 0.339 e. The Balaban J connectivity index is 1.90. The molecule has 7 heteroatoms. The van der Waals surface area contributed by atoms with Crippen LogP contribution in [0.2, 0.25) is 0 Å². The monoisotopic (exact) mass is 346 g/mol. The second-order valence-electron chi connectivity index (χ2n) is 5.34. The number of rotatable bonds is 5. The van der Waals surface area contributed by atoms with Crippen LogP contribution in [0.4, 0.5) is 0 Å². The summed E-state index contributed by atoms with van der Waals surface area (Å²) in [5, 5.41) is 9.46. The van der Waals surface area contributed by atoms with Crippen LogP contribution in [-0.4, -0.2) is 19.5 Å². The van der Waals surface area contributed by atoms with E-state index in [1.807, 2.05) is 6.92 Å². The van der Waals surface area contributed by atoms with Gasteiger partial charge in [-0.25, -0.2) is 0 Å². The van der Waals surface area contributed by atoms with E-state index in [4.69, 9.17) is 13.7 Å². The van der Waals surface area contributed by atoms with E-state index in [1.54, 1.807) is 18.2 Å². The van der Waals surface area contributed by atoms with Crippen molar-refractivity contribution < 1.29 is 26.9 Å². The van der Waals surface area contributed by atoms with E-state index in [9.17, 15) is 13.2 Å². The lowest BCUT2D eigenvalue weighted by atomic mass is 10.1. The Morgan fingerprint density at radius 3 is 2.54 bits per heavy atom. The van der Waals surface area contributed by atoms with Gasteiger partial charge < -0.3 is 13.7 Å². The van der Waals surface area contributed by atoms with Crippen LogP contribution in [0, 0.1) is 6.92 Å². The highest BCUT2D eigenvalue weighted by Gasteiger charge is 2.17. The predicted molar refractivity (Wildman–Crippen MR) is 86.5 cm³/mol. The van der Waals surface area contributed by atoms with Crippen molar-refractivity contribution >= 4 is 27.1 Å². The normalized spacial score (nSPS) is 11.5. The molecule has 0 aliphatic heterocycles. The summed E-state index contributed by atoms with van der Waals surface area (Å²) < 4.78 is 34.9. The Kier molecular flexibility index (Phi) is 4.02. The third-order valence-electron chi connectivity index (χ3n) is 3.48. The SMILES string of the molecule is Cc1ccc(S(=O)(=O)Oc2ccc3c(CC(=O)O)coc3c2)cc1. The van der Waals surface area contributed by atoms with Gasteiger partial charge in [0.1, 0.15) is 16.2 Å². The number of aryl methyl sites for hydroxylation is 1. The molecule has 0 aliphatic carbocycles. The van der Waals surface area contributed by atoms with Gasteiger partial charge >= 0.3 is 16.1 Å². The molecular formula is C17H14O6S. The van der Waals surface area contributed by atoms with Gasteiger partial charge in [-0.2, -0.15) is 8.42 Å². The van der Waals surface area contributed by atoms with Crippen molar-refractivity contribution in [1.82, 2.24) is 0 Å². The molecule has 124 valence electrons. The molecule has 0 fully saturated rings. The summed E-state index contributed by atoms with van der Waals surface area (Å²) in [6.45, 7) is 1.86. The fourth-order valence-corrected chi connectivity index (χ4v) is 3.22. The molecule has 3 aromatic rings. The minimum absolute atomic E-state index is 0.0548. The first-order valence-electron chi connectivity index (χ1n) is 7.08. The summed E-state index contributed by atoms with van der Waals surface area (Å²) in [6, 6.07) is 10.8. The van der Waals surface area contributed by atoms with Crippen LogP contribution in [0.5, 0.6) is 5.75 Å². The Morgan fingerprint density at radius 2 is 1.88 bits per heavy atom. The van der Waals surface area contributed by atoms with Crippen molar-refractivity contribution in [3.63, 3.8) is 0 Å². The average Bonchev–Trinajstić information content (AvgIpc) is 2.89. The number of carbonyl (C=O) groups is 1. The first-order valence-corrected chi connectivity index (χ1v) is 8.49. The van der Waals surface area contributed by atoms with Crippen molar-refractivity contribution in [2.75, 3.05) is 0 Å². The largest absolute Gasteiger partial charge is 0.481 e. The number of carboxylic acid groups (broad SMARTS) is 1. The topological polar surface area (TPSA) is 93.8 Å². The van der Waals surface area contributed by atoms with Gasteiger partial charge in [0.2, 0.25) is 0 Å². The fraction of sp³-hybridized carbons (Fsp3) is 0.118. The highest BCUT2D eigenvalue weighted by Crippen LogP contribution is 2.28. The van der Waals surface area contributed by atoms with Gasteiger partial charge in [-0.05, 0) is 31.2 Å². The Hall–Kier alpha value is -2.80. The first kappa shape index (κ1) is 16.1. The number of aliphatic carboxylic acids is 1. The molecule has 0 radical (unpaired) electrons. The molecule has 24 heavy (non-hydrogen) atoms. The lowest BCUT2D eigenvalue weighted by Crippen LogP contribution is -2.09. The van der Waals surface area contributed by atoms with E-state index in [-0.39, 0.29) is 17.1 Å². The highest BCUT2D eigenvalue weighted by atomic mass is 32.2. The van der Waals surface area contributed by atoms with Gasteiger partial charge in [0.15, 0.2) is 0 Å². The van der Waals surface area contributed by atoms with Crippen molar-refractivity contribution in [2.24, 2.45) is 0 Å². The molecule has 0 bridgehead atoms. The van der Waals surface area contributed by atoms with E-state index in [0.717, 1.165) is 5.56 Å². The van der Waals surface area contributed by atoms with Gasteiger partial charge in [-0.3, -0.25) is 4.79 Å². The Bertz CT molecular complexity index is 999. The Morgan fingerprint density at radius 1 is 1.17 bits per heavy atom. The zero-order valence-electron chi connectivity index (χ0n) is 12.7. The average molecular weight is 346 g/mol. The zero-order valence-corrected chi connectivity index (χ0v) is 13.5. The second-order valence-corrected chi connectivity index (χ2v) is 6.89. The van der Waals surface area contributed by atoms with E-state index in [2.05, 4.69) is 0 Å². The summed E-state index contributed by atoms with van der Waals surface area (Å²) in [5.41, 5.74) is 1.82. The van der Waals surface area contributed by atoms with Crippen LogP contribution >= 0.6 is 0 Å². The maximum Gasteiger partial charge on any atom is 0.339 e. The summed E-state index contributed by atoms with van der Waals surface area (Å²) in [6.07, 6.45) is 1.17. The molecular weight excluding hydrogens is 332 g/mol. The number of furan rings is 1. The molecule has 0 atom stereocenters. The second kappa shape index (κ2) is 6.01. The van der Waals surface area contributed by atoms with E-state index < -0.39 is 16.1 Å². The summed E-state index contributed by atoms with van der Waals surface area (Å²) >= 11 is 0. The van der Waals surface area contributed by atoms with Gasteiger partial charge in [0.05, 0.1) is 12.7 Å². The molecule has 0 saturated carbocycles. The minimum Gasteiger partial charge on any atom is -0.481 e. The number of carboxylic acids is 1. The fourth-order valence-electron chi connectivity index (χ4n) is 2.29. The minimum atomic E-state index is -3.95. The molecule has 1 aromatic heterocycles. The molecule has 0 aliphatic rings. The number of fused-ring (bicyclic) bond motifs is 1. The van der Waals surface area contributed by atoms with Crippen LogP contribution < -0.4 is 4.18 Å². The van der Waals surface area contributed by atoms with Crippen LogP contribution in [-0.2, 0) is 21.3 Å². The van der Waals surface area contributed by atoms with E-state index in [1.165, 1.54) is 30.5 Å². The molecule has 0 amide bonds. The van der Waals surface area contributed by atoms with Crippen LogP contribution in [0.1, 0.15) is 11.1 Å². The molecule has 0 spiro atoms. The molecule has 6 nitrogen and oxygen atoms in total. The zero-order chi connectivity index (χ0) is 17.3. The maximum absolute atomic E-state index is 12.3. The van der Waals surface area contributed by atoms with Gasteiger partial charge in [-0.15, -0.1) is 0 Å². The summed E-state index contributed by atoms with van der Waals surface area (Å²) in [7, 11) is -3.95. The first-order chi connectivity index (χ1) is 11.3.